The summed E-state index contributed by atoms with van der Waals surface area (Å²) in [4.78, 5) is 14.0. The molecule has 4 nitrogen and oxygen atoms in total. The minimum atomic E-state index is -0.184. The number of hydrogen-bond donors (Lipinski definition) is 1. The van der Waals surface area contributed by atoms with Crippen molar-refractivity contribution in [3.05, 3.63) is 35.9 Å². The van der Waals surface area contributed by atoms with E-state index in [0.717, 1.165) is 13.0 Å². The van der Waals surface area contributed by atoms with E-state index in [1.54, 1.807) is 0 Å². The summed E-state index contributed by atoms with van der Waals surface area (Å²) in [5, 5.41) is 3.52. The average Bonchev–Trinajstić information content (AvgIpc) is 2.48. The number of hydrogen-bond acceptors (Lipinski definition) is 3. The van der Waals surface area contributed by atoms with Crippen molar-refractivity contribution in [1.82, 2.24) is 10.2 Å². The van der Waals surface area contributed by atoms with Gasteiger partial charge in [-0.2, -0.15) is 0 Å². The molecule has 1 amide bonds. The molecule has 0 aliphatic carbocycles. The molecule has 2 rings (SSSR count). The molecule has 1 saturated heterocycles. The molecule has 1 N–H and O–H groups in total. The third-order valence-corrected chi connectivity index (χ3v) is 3.75. The molecule has 0 bridgehead atoms. The van der Waals surface area contributed by atoms with E-state index in [1.165, 1.54) is 5.56 Å². The minimum absolute atomic E-state index is 0.177. The first-order valence-corrected chi connectivity index (χ1v) is 7.77. The molecule has 1 aliphatic rings. The lowest BCUT2D eigenvalue weighted by atomic mass is 10.0. The smallest absolute Gasteiger partial charge is 0.410 e. The third kappa shape index (κ3) is 4.74. The zero-order chi connectivity index (χ0) is 15.2. The zero-order valence-electron chi connectivity index (χ0n) is 13.2. The number of rotatable bonds is 4. The number of carbonyl (C=O) groups is 1. The summed E-state index contributed by atoms with van der Waals surface area (Å²) in [5.41, 5.74) is 1.29. The largest absolute Gasteiger partial charge is 0.449 e. The highest BCUT2D eigenvalue weighted by molar-refractivity contribution is 5.68. The topological polar surface area (TPSA) is 41.6 Å². The highest BCUT2D eigenvalue weighted by atomic mass is 16.6. The van der Waals surface area contributed by atoms with Gasteiger partial charge in [0.15, 0.2) is 0 Å². The van der Waals surface area contributed by atoms with Crippen molar-refractivity contribution in [2.75, 3.05) is 19.7 Å². The van der Waals surface area contributed by atoms with Gasteiger partial charge in [0.2, 0.25) is 0 Å². The van der Waals surface area contributed by atoms with Crippen LogP contribution in [0.1, 0.15) is 26.3 Å². The highest BCUT2D eigenvalue weighted by Gasteiger charge is 2.29. The van der Waals surface area contributed by atoms with Crippen LogP contribution < -0.4 is 5.32 Å². The van der Waals surface area contributed by atoms with E-state index in [2.05, 4.69) is 36.5 Å². The summed E-state index contributed by atoms with van der Waals surface area (Å²) in [6, 6.07) is 10.8. The number of carbonyl (C=O) groups excluding carboxylic acids is 1. The molecule has 0 spiro atoms. The van der Waals surface area contributed by atoms with Gasteiger partial charge in [-0.3, -0.25) is 0 Å². The van der Waals surface area contributed by atoms with E-state index in [9.17, 15) is 4.79 Å². The van der Waals surface area contributed by atoms with Gasteiger partial charge >= 0.3 is 6.09 Å². The predicted octanol–water partition coefficient (Wildman–Crippen LogP) is 2.68. The SMILES string of the molecule is CC(C)COC(=O)N1CC(Cc2ccccc2)NCC1C. The quantitative estimate of drug-likeness (QED) is 0.927. The number of piperazine rings is 1. The molecule has 116 valence electrons. The van der Waals surface area contributed by atoms with Crippen molar-refractivity contribution in [3.8, 4) is 0 Å². The lowest BCUT2D eigenvalue weighted by Gasteiger charge is -2.38. The summed E-state index contributed by atoms with van der Waals surface area (Å²) < 4.78 is 5.37. The van der Waals surface area contributed by atoms with E-state index in [-0.39, 0.29) is 18.2 Å². The normalized spacial score (nSPS) is 22.4. The second-order valence-corrected chi connectivity index (χ2v) is 6.27. The van der Waals surface area contributed by atoms with Gasteiger partial charge in [0, 0.05) is 25.2 Å². The Morgan fingerprint density at radius 2 is 2.10 bits per heavy atom. The molecular weight excluding hydrogens is 264 g/mol. The first-order valence-electron chi connectivity index (χ1n) is 7.77. The second-order valence-electron chi connectivity index (χ2n) is 6.27. The standard InChI is InChI=1S/C17H26N2O2/c1-13(2)12-21-17(20)19-11-16(18-10-14(19)3)9-15-7-5-4-6-8-15/h4-8,13-14,16,18H,9-12H2,1-3H3. The molecule has 21 heavy (non-hydrogen) atoms. The number of ether oxygens (including phenoxy) is 1. The molecule has 1 aromatic rings. The minimum Gasteiger partial charge on any atom is -0.449 e. The molecular formula is C17H26N2O2. The van der Waals surface area contributed by atoms with Crippen molar-refractivity contribution in [1.29, 1.82) is 0 Å². The predicted molar refractivity (Wildman–Crippen MR) is 84.3 cm³/mol. The summed E-state index contributed by atoms with van der Waals surface area (Å²) in [7, 11) is 0. The van der Waals surface area contributed by atoms with Gasteiger partial charge in [-0.15, -0.1) is 0 Å². The van der Waals surface area contributed by atoms with Crippen LogP contribution in [0.25, 0.3) is 0 Å². The monoisotopic (exact) mass is 290 g/mol. The Morgan fingerprint density at radius 3 is 2.76 bits per heavy atom. The summed E-state index contributed by atoms with van der Waals surface area (Å²) in [6.45, 7) is 8.15. The maximum absolute atomic E-state index is 12.2. The van der Waals surface area contributed by atoms with Crippen LogP contribution in [0.4, 0.5) is 4.79 Å². The van der Waals surface area contributed by atoms with Crippen LogP contribution in [0, 0.1) is 5.92 Å². The number of nitrogens with one attached hydrogen (secondary N) is 1. The van der Waals surface area contributed by atoms with Crippen LogP contribution in [0.3, 0.4) is 0 Å². The molecule has 1 fully saturated rings. The van der Waals surface area contributed by atoms with E-state index in [4.69, 9.17) is 4.74 Å². The molecule has 0 aromatic heterocycles. The molecule has 0 saturated carbocycles. The van der Waals surface area contributed by atoms with Gasteiger partial charge in [-0.05, 0) is 24.8 Å². The lowest BCUT2D eigenvalue weighted by molar-refractivity contribution is 0.0644. The molecule has 2 atom stereocenters. The lowest BCUT2D eigenvalue weighted by Crippen LogP contribution is -2.58. The van der Waals surface area contributed by atoms with Gasteiger partial charge in [0.05, 0.1) is 6.61 Å². The first kappa shape index (κ1) is 15.8. The Bertz CT molecular complexity index is 447. The summed E-state index contributed by atoms with van der Waals surface area (Å²) in [5.74, 6) is 0.368. The molecule has 4 heteroatoms. The maximum atomic E-state index is 12.2. The molecule has 0 radical (unpaired) electrons. The Balaban J connectivity index is 1.91. The van der Waals surface area contributed by atoms with Gasteiger partial charge in [0.1, 0.15) is 0 Å². The number of nitrogens with zero attached hydrogens (tertiary/aromatic N) is 1. The van der Waals surface area contributed by atoms with Crippen LogP contribution in [-0.2, 0) is 11.2 Å². The van der Waals surface area contributed by atoms with Crippen LogP contribution >= 0.6 is 0 Å². The number of amides is 1. The van der Waals surface area contributed by atoms with E-state index in [0.29, 0.717) is 19.1 Å². The van der Waals surface area contributed by atoms with Gasteiger partial charge in [0.25, 0.3) is 0 Å². The Kier molecular flexibility index (Phi) is 5.62. The van der Waals surface area contributed by atoms with Crippen LogP contribution in [-0.4, -0.2) is 42.8 Å². The Morgan fingerprint density at radius 1 is 1.38 bits per heavy atom. The zero-order valence-corrected chi connectivity index (χ0v) is 13.2. The fourth-order valence-electron chi connectivity index (χ4n) is 2.54. The Labute approximate surface area is 127 Å². The highest BCUT2D eigenvalue weighted by Crippen LogP contribution is 2.13. The molecule has 1 aliphatic heterocycles. The second kappa shape index (κ2) is 7.46. The average molecular weight is 290 g/mol. The van der Waals surface area contributed by atoms with E-state index < -0.39 is 0 Å². The van der Waals surface area contributed by atoms with Crippen molar-refractivity contribution >= 4 is 6.09 Å². The van der Waals surface area contributed by atoms with Crippen molar-refractivity contribution in [2.45, 2.75) is 39.3 Å². The molecule has 1 aromatic carbocycles. The van der Waals surface area contributed by atoms with Crippen molar-refractivity contribution < 1.29 is 9.53 Å². The van der Waals surface area contributed by atoms with Crippen LogP contribution in [0.15, 0.2) is 30.3 Å². The van der Waals surface area contributed by atoms with Gasteiger partial charge < -0.3 is 15.0 Å². The summed E-state index contributed by atoms with van der Waals surface area (Å²) >= 11 is 0. The first-order chi connectivity index (χ1) is 10.1. The molecule has 1 heterocycles. The van der Waals surface area contributed by atoms with Crippen molar-refractivity contribution in [3.63, 3.8) is 0 Å². The fraction of sp³-hybridized carbons (Fsp3) is 0.588. The Hall–Kier alpha value is -1.55. The van der Waals surface area contributed by atoms with Gasteiger partial charge in [-0.25, -0.2) is 4.79 Å². The molecule has 2 unspecified atom stereocenters. The fourth-order valence-corrected chi connectivity index (χ4v) is 2.54. The van der Waals surface area contributed by atoms with E-state index >= 15 is 0 Å². The van der Waals surface area contributed by atoms with Gasteiger partial charge in [-0.1, -0.05) is 44.2 Å². The maximum Gasteiger partial charge on any atom is 0.410 e. The third-order valence-electron chi connectivity index (χ3n) is 3.75. The van der Waals surface area contributed by atoms with E-state index in [1.807, 2.05) is 24.8 Å². The van der Waals surface area contributed by atoms with Crippen LogP contribution in [0.2, 0.25) is 0 Å². The van der Waals surface area contributed by atoms with Crippen molar-refractivity contribution in [2.24, 2.45) is 5.92 Å². The van der Waals surface area contributed by atoms with Crippen LogP contribution in [0.5, 0.6) is 0 Å². The number of benzene rings is 1. The summed E-state index contributed by atoms with van der Waals surface area (Å²) in [6.07, 6.45) is 0.748.